The molecule has 0 amide bonds. The number of rotatable bonds is 3. The van der Waals surface area contributed by atoms with Crippen LogP contribution in [-0.2, 0) is 0 Å². The van der Waals surface area contributed by atoms with Crippen LogP contribution in [0.3, 0.4) is 0 Å². The van der Waals surface area contributed by atoms with E-state index in [1.165, 1.54) is 0 Å². The van der Waals surface area contributed by atoms with Gasteiger partial charge in [0.1, 0.15) is 6.04 Å². The summed E-state index contributed by atoms with van der Waals surface area (Å²) in [5, 5.41) is 0. The van der Waals surface area contributed by atoms with Crippen LogP contribution in [0, 0.1) is 0 Å². The predicted octanol–water partition coefficient (Wildman–Crippen LogP) is 1.19. The van der Waals surface area contributed by atoms with Gasteiger partial charge in [-0.3, -0.25) is 5.84 Å². The minimum absolute atomic E-state index is 0.284. The molecule has 104 valence electrons. The molecule has 0 saturated carbocycles. The molecule has 1 aromatic heterocycles. The number of nitrogens with zero attached hydrogens (tertiary/aromatic N) is 2. The topological polar surface area (TPSA) is 82.3 Å². The first-order valence-corrected chi connectivity index (χ1v) is 6.51. The third kappa shape index (κ3) is 2.56. The highest BCUT2D eigenvalue weighted by molar-refractivity contribution is 5.45. The lowest BCUT2D eigenvalue weighted by Crippen LogP contribution is -2.30. The maximum Gasteiger partial charge on any atom is 0.161 e. The second kappa shape index (κ2) is 5.85. The number of hydrazine groups is 1. The summed E-state index contributed by atoms with van der Waals surface area (Å²) in [5.74, 6) is 7.75. The largest absolute Gasteiger partial charge is 0.490 e. The average molecular weight is 272 g/mol. The van der Waals surface area contributed by atoms with Crippen LogP contribution in [0.25, 0.3) is 0 Å². The molecule has 1 aliphatic rings. The van der Waals surface area contributed by atoms with Crippen molar-refractivity contribution in [2.45, 2.75) is 12.5 Å². The zero-order chi connectivity index (χ0) is 13.8. The number of benzene rings is 1. The Hall–Kier alpha value is -2.18. The zero-order valence-corrected chi connectivity index (χ0v) is 11.0. The van der Waals surface area contributed by atoms with Crippen LogP contribution in [0.1, 0.15) is 23.9 Å². The average Bonchev–Trinajstić information content (AvgIpc) is 2.74. The summed E-state index contributed by atoms with van der Waals surface area (Å²) < 4.78 is 11.3. The van der Waals surface area contributed by atoms with E-state index in [1.807, 2.05) is 18.2 Å². The first kappa shape index (κ1) is 12.8. The van der Waals surface area contributed by atoms with Crippen LogP contribution in [-0.4, -0.2) is 23.2 Å². The Labute approximate surface area is 116 Å². The Balaban J connectivity index is 1.94. The number of nitrogens with two attached hydrogens (primary N) is 1. The molecule has 1 aliphatic heterocycles. The molecule has 1 atom stereocenters. The summed E-state index contributed by atoms with van der Waals surface area (Å²) in [6.45, 7) is 1.33. The van der Waals surface area contributed by atoms with E-state index in [9.17, 15) is 0 Å². The van der Waals surface area contributed by atoms with E-state index in [0.717, 1.165) is 23.5 Å². The van der Waals surface area contributed by atoms with Gasteiger partial charge in [0.05, 0.1) is 13.2 Å². The Bertz CT molecular complexity index is 577. The van der Waals surface area contributed by atoms with E-state index >= 15 is 0 Å². The van der Waals surface area contributed by atoms with Crippen molar-refractivity contribution in [1.29, 1.82) is 0 Å². The summed E-state index contributed by atoms with van der Waals surface area (Å²) in [4.78, 5) is 8.46. The third-order valence-corrected chi connectivity index (χ3v) is 3.12. The van der Waals surface area contributed by atoms with Gasteiger partial charge in [0.15, 0.2) is 17.3 Å². The smallest absolute Gasteiger partial charge is 0.161 e. The molecular weight excluding hydrogens is 256 g/mol. The molecule has 2 aromatic rings. The van der Waals surface area contributed by atoms with Gasteiger partial charge in [-0.25, -0.2) is 15.4 Å². The van der Waals surface area contributed by atoms with Crippen LogP contribution >= 0.6 is 0 Å². The van der Waals surface area contributed by atoms with Crippen LogP contribution in [0.4, 0.5) is 0 Å². The molecule has 0 spiro atoms. The third-order valence-electron chi connectivity index (χ3n) is 3.12. The van der Waals surface area contributed by atoms with Crippen molar-refractivity contribution in [2.24, 2.45) is 5.84 Å². The maximum atomic E-state index is 5.69. The molecule has 1 unspecified atom stereocenters. The molecule has 0 radical (unpaired) electrons. The quantitative estimate of drug-likeness (QED) is 0.645. The lowest BCUT2D eigenvalue weighted by Gasteiger charge is -2.16. The van der Waals surface area contributed by atoms with Crippen molar-refractivity contribution in [3.8, 4) is 11.5 Å². The van der Waals surface area contributed by atoms with Gasteiger partial charge in [-0.15, -0.1) is 0 Å². The predicted molar refractivity (Wildman–Crippen MR) is 73.2 cm³/mol. The van der Waals surface area contributed by atoms with Crippen molar-refractivity contribution in [3.05, 3.63) is 48.0 Å². The first-order chi connectivity index (χ1) is 9.88. The Kier molecular flexibility index (Phi) is 3.76. The number of ether oxygens (including phenoxy) is 2. The van der Waals surface area contributed by atoms with E-state index < -0.39 is 0 Å². The number of fused-ring (bicyclic) bond motifs is 1. The van der Waals surface area contributed by atoms with Crippen molar-refractivity contribution >= 4 is 0 Å². The lowest BCUT2D eigenvalue weighted by atomic mass is 10.1. The minimum Gasteiger partial charge on any atom is -0.490 e. The van der Waals surface area contributed by atoms with Crippen molar-refractivity contribution in [2.75, 3.05) is 13.2 Å². The van der Waals surface area contributed by atoms with Gasteiger partial charge in [0, 0.05) is 18.8 Å². The normalized spacial score (nSPS) is 15.4. The molecule has 3 rings (SSSR count). The summed E-state index contributed by atoms with van der Waals surface area (Å²) in [6.07, 6.45) is 4.26. The second-order valence-corrected chi connectivity index (χ2v) is 4.46. The maximum absolute atomic E-state index is 5.69. The summed E-state index contributed by atoms with van der Waals surface area (Å²) in [6, 6.07) is 7.23. The van der Waals surface area contributed by atoms with E-state index in [4.69, 9.17) is 15.3 Å². The highest BCUT2D eigenvalue weighted by Crippen LogP contribution is 2.33. The van der Waals surface area contributed by atoms with E-state index in [-0.39, 0.29) is 6.04 Å². The fourth-order valence-electron chi connectivity index (χ4n) is 2.14. The van der Waals surface area contributed by atoms with Crippen LogP contribution in [0.15, 0.2) is 36.7 Å². The van der Waals surface area contributed by atoms with E-state index in [1.54, 1.807) is 18.5 Å². The summed E-state index contributed by atoms with van der Waals surface area (Å²) in [5.41, 5.74) is 3.67. The molecular formula is C14H16N4O2. The van der Waals surface area contributed by atoms with Crippen LogP contribution in [0.2, 0.25) is 0 Å². The molecule has 0 saturated heterocycles. The van der Waals surface area contributed by atoms with Gasteiger partial charge >= 0.3 is 0 Å². The van der Waals surface area contributed by atoms with Gasteiger partial charge < -0.3 is 9.47 Å². The molecule has 0 bridgehead atoms. The molecule has 3 N–H and O–H groups in total. The van der Waals surface area contributed by atoms with Crippen molar-refractivity contribution in [3.63, 3.8) is 0 Å². The highest BCUT2D eigenvalue weighted by Gasteiger charge is 2.18. The number of nitrogens with one attached hydrogen (secondary N) is 1. The summed E-state index contributed by atoms with van der Waals surface area (Å²) >= 11 is 0. The van der Waals surface area contributed by atoms with Crippen LogP contribution < -0.4 is 20.7 Å². The molecule has 6 nitrogen and oxygen atoms in total. The van der Waals surface area contributed by atoms with Gasteiger partial charge in [0.2, 0.25) is 0 Å². The fourth-order valence-corrected chi connectivity index (χ4v) is 2.14. The minimum atomic E-state index is -0.284. The molecule has 0 aliphatic carbocycles. The first-order valence-electron chi connectivity index (χ1n) is 6.51. The van der Waals surface area contributed by atoms with Gasteiger partial charge in [0.25, 0.3) is 0 Å². The summed E-state index contributed by atoms with van der Waals surface area (Å²) in [7, 11) is 0. The van der Waals surface area contributed by atoms with Gasteiger partial charge in [-0.05, 0) is 23.8 Å². The standard InChI is InChI=1S/C14H16N4O2/c15-18-13(14-16-5-1-6-17-14)10-3-4-11-12(9-10)20-8-2-7-19-11/h1,3-6,9,13,18H,2,7-8,15H2. The van der Waals surface area contributed by atoms with E-state index in [0.29, 0.717) is 19.0 Å². The van der Waals surface area contributed by atoms with E-state index in [2.05, 4.69) is 15.4 Å². The molecule has 6 heteroatoms. The molecule has 2 heterocycles. The SMILES string of the molecule is NNC(c1ccc2c(c1)OCCCO2)c1ncccn1. The van der Waals surface area contributed by atoms with Gasteiger partial charge in [-0.2, -0.15) is 0 Å². The molecule has 0 fully saturated rings. The molecule has 20 heavy (non-hydrogen) atoms. The Morgan fingerprint density at radius 2 is 1.85 bits per heavy atom. The van der Waals surface area contributed by atoms with Gasteiger partial charge in [-0.1, -0.05) is 6.07 Å². The second-order valence-electron chi connectivity index (χ2n) is 4.46. The fraction of sp³-hybridized carbons (Fsp3) is 0.286. The lowest BCUT2D eigenvalue weighted by molar-refractivity contribution is 0.297. The van der Waals surface area contributed by atoms with Crippen molar-refractivity contribution < 1.29 is 9.47 Å². The number of aromatic nitrogens is 2. The Morgan fingerprint density at radius 1 is 1.10 bits per heavy atom. The van der Waals surface area contributed by atoms with Crippen LogP contribution in [0.5, 0.6) is 11.5 Å². The monoisotopic (exact) mass is 272 g/mol. The highest BCUT2D eigenvalue weighted by atomic mass is 16.5. The number of hydrogen-bond acceptors (Lipinski definition) is 6. The molecule has 1 aromatic carbocycles. The Morgan fingerprint density at radius 3 is 2.60 bits per heavy atom. The zero-order valence-electron chi connectivity index (χ0n) is 11.0. The van der Waals surface area contributed by atoms with Crippen molar-refractivity contribution in [1.82, 2.24) is 15.4 Å². The number of hydrogen-bond donors (Lipinski definition) is 2.